The number of benzene rings is 2. The van der Waals surface area contributed by atoms with Crippen molar-refractivity contribution < 1.29 is 14.0 Å². The fraction of sp³-hybridized carbons (Fsp3) is 0.211. The molecule has 122 valence electrons. The third-order valence-electron chi connectivity index (χ3n) is 3.94. The van der Waals surface area contributed by atoms with E-state index in [0.29, 0.717) is 21.9 Å². The van der Waals surface area contributed by atoms with E-state index >= 15 is 0 Å². The summed E-state index contributed by atoms with van der Waals surface area (Å²) in [6.07, 6.45) is 0. The zero-order chi connectivity index (χ0) is 17.3. The number of nitrogens with zero attached hydrogens (tertiary/aromatic N) is 1. The molecule has 5 heteroatoms. The van der Waals surface area contributed by atoms with Crippen LogP contribution in [0, 0.1) is 6.92 Å². The minimum absolute atomic E-state index is 0.246. The van der Waals surface area contributed by atoms with Crippen molar-refractivity contribution in [1.82, 2.24) is 4.98 Å². The van der Waals surface area contributed by atoms with Gasteiger partial charge in [0.05, 0.1) is 0 Å². The van der Waals surface area contributed by atoms with E-state index in [9.17, 15) is 9.59 Å². The predicted octanol–water partition coefficient (Wildman–Crippen LogP) is 4.30. The summed E-state index contributed by atoms with van der Waals surface area (Å²) in [5, 5.41) is 0.310. The molecule has 0 radical (unpaired) electrons. The quantitative estimate of drug-likeness (QED) is 0.512. The Bertz CT molecular complexity index is 901. The molecule has 1 heterocycles. The summed E-state index contributed by atoms with van der Waals surface area (Å²) in [5.41, 5.74) is 3.05. The Hall–Kier alpha value is -2.40. The standard InChI is InChI=1S/C19H17NO3S/c1-12-9-10-17-16(11-12)20-18(23-17)24-19(13(2)21,14(3)22)15-7-5-4-6-8-15/h4-11H,1-3H3. The number of thioether (sulfide) groups is 1. The minimum atomic E-state index is -1.35. The number of carbonyl (C=O) groups excluding carboxylic acids is 2. The van der Waals surface area contributed by atoms with Crippen LogP contribution >= 0.6 is 11.8 Å². The van der Waals surface area contributed by atoms with Gasteiger partial charge in [-0.05, 0) is 55.8 Å². The second-order valence-corrected chi connectivity index (χ2v) is 6.88. The van der Waals surface area contributed by atoms with Gasteiger partial charge in [0.1, 0.15) is 5.52 Å². The smallest absolute Gasteiger partial charge is 0.258 e. The van der Waals surface area contributed by atoms with Crippen LogP contribution in [-0.4, -0.2) is 16.6 Å². The SMILES string of the molecule is CC(=O)C(Sc1nc2cc(C)ccc2o1)(C(C)=O)c1ccccc1. The fourth-order valence-corrected chi connectivity index (χ4v) is 3.80. The third kappa shape index (κ3) is 2.76. The predicted molar refractivity (Wildman–Crippen MR) is 94.1 cm³/mol. The van der Waals surface area contributed by atoms with Crippen molar-refractivity contribution in [2.75, 3.05) is 0 Å². The molecule has 0 fully saturated rings. The van der Waals surface area contributed by atoms with E-state index in [0.717, 1.165) is 17.3 Å². The number of hydrogen-bond acceptors (Lipinski definition) is 5. The number of rotatable bonds is 5. The van der Waals surface area contributed by atoms with Crippen molar-refractivity contribution in [3.8, 4) is 0 Å². The van der Waals surface area contributed by atoms with Crippen LogP contribution in [0.5, 0.6) is 0 Å². The van der Waals surface area contributed by atoms with Crippen LogP contribution in [0.4, 0.5) is 0 Å². The average Bonchev–Trinajstić information content (AvgIpc) is 2.94. The number of hydrogen-bond donors (Lipinski definition) is 0. The monoisotopic (exact) mass is 339 g/mol. The summed E-state index contributed by atoms with van der Waals surface area (Å²) >= 11 is 1.06. The lowest BCUT2D eigenvalue weighted by molar-refractivity contribution is -0.128. The van der Waals surface area contributed by atoms with Crippen LogP contribution in [0.15, 0.2) is 58.2 Å². The highest BCUT2D eigenvalue weighted by atomic mass is 32.2. The Morgan fingerprint density at radius 3 is 2.33 bits per heavy atom. The lowest BCUT2D eigenvalue weighted by Crippen LogP contribution is -2.37. The molecule has 1 aromatic heterocycles. The Labute approximate surface area is 144 Å². The largest absolute Gasteiger partial charge is 0.431 e. The van der Waals surface area contributed by atoms with Gasteiger partial charge in [-0.3, -0.25) is 9.59 Å². The average molecular weight is 339 g/mol. The van der Waals surface area contributed by atoms with Crippen LogP contribution in [-0.2, 0) is 14.3 Å². The van der Waals surface area contributed by atoms with Gasteiger partial charge in [-0.15, -0.1) is 0 Å². The van der Waals surface area contributed by atoms with Gasteiger partial charge in [0.25, 0.3) is 5.22 Å². The summed E-state index contributed by atoms with van der Waals surface area (Å²) in [5.74, 6) is -0.491. The van der Waals surface area contributed by atoms with Crippen molar-refractivity contribution in [3.05, 3.63) is 59.7 Å². The third-order valence-corrected chi connectivity index (χ3v) is 5.40. The molecule has 4 nitrogen and oxygen atoms in total. The van der Waals surface area contributed by atoms with E-state index in [-0.39, 0.29) is 11.6 Å². The molecule has 0 aliphatic carbocycles. The van der Waals surface area contributed by atoms with Crippen molar-refractivity contribution in [1.29, 1.82) is 0 Å². The van der Waals surface area contributed by atoms with Crippen LogP contribution < -0.4 is 0 Å². The molecular formula is C19H17NO3S. The van der Waals surface area contributed by atoms with Crippen LogP contribution in [0.2, 0.25) is 0 Å². The molecule has 2 aromatic carbocycles. The number of Topliss-reactive ketones (excluding diaryl/α,β-unsaturated/α-hetero) is 2. The molecule has 24 heavy (non-hydrogen) atoms. The molecule has 0 saturated carbocycles. The zero-order valence-corrected chi connectivity index (χ0v) is 14.5. The number of carbonyl (C=O) groups is 2. The van der Waals surface area contributed by atoms with E-state index in [4.69, 9.17) is 4.42 Å². The van der Waals surface area contributed by atoms with Gasteiger partial charge in [-0.1, -0.05) is 36.4 Å². The van der Waals surface area contributed by atoms with Crippen molar-refractivity contribution >= 4 is 34.4 Å². The maximum Gasteiger partial charge on any atom is 0.258 e. The lowest BCUT2D eigenvalue weighted by atomic mass is 9.91. The summed E-state index contributed by atoms with van der Waals surface area (Å²) in [4.78, 5) is 29.4. The molecule has 0 amide bonds. The Balaban J connectivity index is 2.12. The molecule has 0 atom stereocenters. The second kappa shape index (κ2) is 6.24. The van der Waals surface area contributed by atoms with E-state index in [1.165, 1.54) is 13.8 Å². The maximum atomic E-state index is 12.5. The Morgan fingerprint density at radius 2 is 1.71 bits per heavy atom. The fourth-order valence-electron chi connectivity index (χ4n) is 2.72. The summed E-state index contributed by atoms with van der Waals surface area (Å²) in [6.45, 7) is 4.82. The normalized spacial score (nSPS) is 11.6. The maximum absolute atomic E-state index is 12.5. The first-order valence-corrected chi connectivity index (χ1v) is 8.39. The van der Waals surface area contributed by atoms with Crippen molar-refractivity contribution in [2.45, 2.75) is 30.7 Å². The van der Waals surface area contributed by atoms with Crippen LogP contribution in [0.25, 0.3) is 11.1 Å². The summed E-state index contributed by atoms with van der Waals surface area (Å²) in [6, 6.07) is 14.7. The number of oxazole rings is 1. The molecule has 0 unspecified atom stereocenters. The topological polar surface area (TPSA) is 60.2 Å². The van der Waals surface area contributed by atoms with E-state index in [1.54, 1.807) is 12.1 Å². The van der Waals surface area contributed by atoms with Gasteiger partial charge in [0.2, 0.25) is 0 Å². The second-order valence-electron chi connectivity index (χ2n) is 5.71. The molecule has 0 aliphatic rings. The summed E-state index contributed by atoms with van der Waals surface area (Å²) < 4.78 is 4.40. The highest BCUT2D eigenvalue weighted by Crippen LogP contribution is 2.43. The molecule has 0 spiro atoms. The molecule has 0 bridgehead atoms. The van der Waals surface area contributed by atoms with E-state index < -0.39 is 4.75 Å². The van der Waals surface area contributed by atoms with Crippen LogP contribution in [0.1, 0.15) is 25.0 Å². The summed E-state index contributed by atoms with van der Waals surface area (Å²) in [7, 11) is 0. The molecule has 0 N–H and O–H groups in total. The van der Waals surface area contributed by atoms with E-state index in [2.05, 4.69) is 4.98 Å². The molecule has 0 saturated heterocycles. The first-order valence-electron chi connectivity index (χ1n) is 7.57. The molecular weight excluding hydrogens is 322 g/mol. The van der Waals surface area contributed by atoms with Crippen molar-refractivity contribution in [3.63, 3.8) is 0 Å². The van der Waals surface area contributed by atoms with E-state index in [1.807, 2.05) is 43.3 Å². The van der Waals surface area contributed by atoms with Gasteiger partial charge < -0.3 is 4.42 Å². The highest BCUT2D eigenvalue weighted by Gasteiger charge is 2.45. The first-order chi connectivity index (χ1) is 11.4. The number of aromatic nitrogens is 1. The minimum Gasteiger partial charge on any atom is -0.431 e. The molecule has 3 rings (SSSR count). The number of aryl methyl sites for hydroxylation is 1. The zero-order valence-electron chi connectivity index (χ0n) is 13.7. The van der Waals surface area contributed by atoms with Crippen LogP contribution in [0.3, 0.4) is 0 Å². The van der Waals surface area contributed by atoms with Crippen molar-refractivity contribution in [2.24, 2.45) is 0 Å². The van der Waals surface area contributed by atoms with Gasteiger partial charge in [-0.2, -0.15) is 0 Å². The molecule has 0 aliphatic heterocycles. The van der Waals surface area contributed by atoms with Gasteiger partial charge in [-0.25, -0.2) is 4.98 Å². The number of ketones is 2. The lowest BCUT2D eigenvalue weighted by Gasteiger charge is -2.26. The van der Waals surface area contributed by atoms with Gasteiger partial charge in [0, 0.05) is 0 Å². The Morgan fingerprint density at radius 1 is 1.04 bits per heavy atom. The molecule has 3 aromatic rings. The first kappa shape index (κ1) is 16.5. The highest BCUT2D eigenvalue weighted by molar-refractivity contribution is 8.01. The number of fused-ring (bicyclic) bond motifs is 1. The Kier molecular flexibility index (Phi) is 4.28. The van der Waals surface area contributed by atoms with Gasteiger partial charge in [0.15, 0.2) is 21.9 Å². The van der Waals surface area contributed by atoms with Gasteiger partial charge >= 0.3 is 0 Å².